The van der Waals surface area contributed by atoms with Crippen LogP contribution in [0.5, 0.6) is 0 Å². The van der Waals surface area contributed by atoms with Gasteiger partial charge in [-0.2, -0.15) is 0 Å². The molecule has 0 spiro atoms. The van der Waals surface area contributed by atoms with Crippen LogP contribution in [-0.4, -0.2) is 34.7 Å². The summed E-state index contributed by atoms with van der Waals surface area (Å²) in [4.78, 5) is 0. The van der Waals surface area contributed by atoms with E-state index in [1.807, 2.05) is 20.8 Å². The molecule has 0 rings (SSSR count). The van der Waals surface area contributed by atoms with Crippen LogP contribution in [0.2, 0.25) is 6.04 Å². The Balaban J connectivity index is 3.88. The number of hydrogen-bond donors (Lipinski definition) is 1. The summed E-state index contributed by atoms with van der Waals surface area (Å²) < 4.78 is 17.7. The molecule has 0 saturated heterocycles. The van der Waals surface area contributed by atoms with Crippen LogP contribution >= 0.6 is 0 Å². The van der Waals surface area contributed by atoms with E-state index in [-0.39, 0.29) is 6.04 Å². The van der Waals surface area contributed by atoms with Gasteiger partial charge >= 0.3 is 8.80 Å². The van der Waals surface area contributed by atoms with Crippen molar-refractivity contribution in [2.45, 2.75) is 104 Å². The summed E-state index contributed by atoms with van der Waals surface area (Å²) >= 11 is 0. The molecule has 0 radical (unpaired) electrons. The van der Waals surface area contributed by atoms with E-state index in [1.54, 1.807) is 0 Å². The lowest BCUT2D eigenvalue weighted by atomic mass is 10.0. The van der Waals surface area contributed by atoms with Crippen molar-refractivity contribution in [3.8, 4) is 0 Å². The molecule has 0 aliphatic carbocycles. The molecule has 1 unspecified atom stereocenters. The molecule has 2 N–H and O–H groups in total. The topological polar surface area (TPSA) is 53.7 Å². The van der Waals surface area contributed by atoms with Crippen LogP contribution in [0.1, 0.15) is 91.9 Å². The van der Waals surface area contributed by atoms with Crippen LogP contribution in [0.3, 0.4) is 0 Å². The fraction of sp³-hybridized carbons (Fsp3) is 1.00. The van der Waals surface area contributed by atoms with Gasteiger partial charge in [-0.1, -0.05) is 58.3 Å². The summed E-state index contributed by atoms with van der Waals surface area (Å²) in [5, 5.41) is 0. The minimum Gasteiger partial charge on any atom is -0.374 e. The first-order valence-electron chi connectivity index (χ1n) is 10.3. The fourth-order valence-corrected chi connectivity index (χ4v) is 5.78. The van der Waals surface area contributed by atoms with Crippen molar-refractivity contribution in [1.29, 1.82) is 0 Å². The van der Waals surface area contributed by atoms with E-state index in [9.17, 15) is 0 Å². The Morgan fingerprint density at radius 1 is 0.667 bits per heavy atom. The van der Waals surface area contributed by atoms with Crippen molar-refractivity contribution >= 4 is 8.80 Å². The first-order valence-corrected chi connectivity index (χ1v) is 12.2. The van der Waals surface area contributed by atoms with E-state index in [0.29, 0.717) is 19.8 Å². The molecular formula is C19H43NO3Si. The summed E-state index contributed by atoms with van der Waals surface area (Å²) in [6, 6.07) is 1.07. The molecule has 24 heavy (non-hydrogen) atoms. The van der Waals surface area contributed by atoms with Gasteiger partial charge in [0, 0.05) is 31.9 Å². The van der Waals surface area contributed by atoms with Crippen molar-refractivity contribution in [2.75, 3.05) is 19.8 Å². The van der Waals surface area contributed by atoms with Crippen LogP contribution < -0.4 is 5.73 Å². The fourth-order valence-electron chi connectivity index (χ4n) is 3.05. The molecule has 0 aromatic heterocycles. The smallest absolute Gasteiger partial charge is 0.374 e. The lowest BCUT2D eigenvalue weighted by Crippen LogP contribution is -2.46. The summed E-state index contributed by atoms with van der Waals surface area (Å²) in [7, 11) is -2.51. The second-order valence-electron chi connectivity index (χ2n) is 6.54. The molecule has 4 nitrogen and oxygen atoms in total. The van der Waals surface area contributed by atoms with Gasteiger partial charge in [-0.25, -0.2) is 0 Å². The average Bonchev–Trinajstić information content (AvgIpc) is 2.56. The van der Waals surface area contributed by atoms with E-state index in [1.165, 1.54) is 51.4 Å². The Labute approximate surface area is 152 Å². The molecule has 146 valence electrons. The van der Waals surface area contributed by atoms with Gasteiger partial charge in [-0.05, 0) is 33.6 Å². The first-order chi connectivity index (χ1) is 11.6. The highest BCUT2D eigenvalue weighted by molar-refractivity contribution is 6.60. The number of rotatable bonds is 18. The standard InChI is InChI=1S/C19H43NO3Si/c1-5-9-10-11-12-13-14-15-16-19(20)17-18-24(21-6-2,22-7-3)23-8-4/h19H,5-18,20H2,1-4H3. The summed E-state index contributed by atoms with van der Waals surface area (Å²) in [5.41, 5.74) is 6.31. The number of nitrogens with two attached hydrogens (primary N) is 1. The van der Waals surface area contributed by atoms with Gasteiger partial charge in [0.2, 0.25) is 0 Å². The van der Waals surface area contributed by atoms with Gasteiger partial charge in [-0.3, -0.25) is 0 Å². The lowest BCUT2D eigenvalue weighted by molar-refractivity contribution is 0.0702. The molecule has 5 heteroatoms. The maximum atomic E-state index is 6.31. The maximum absolute atomic E-state index is 6.31. The molecular weight excluding hydrogens is 318 g/mol. The third-order valence-corrected chi connectivity index (χ3v) is 7.43. The zero-order valence-electron chi connectivity index (χ0n) is 16.8. The Morgan fingerprint density at radius 2 is 1.12 bits per heavy atom. The average molecular weight is 362 g/mol. The zero-order valence-corrected chi connectivity index (χ0v) is 17.8. The van der Waals surface area contributed by atoms with Crippen LogP contribution in [0, 0.1) is 0 Å². The van der Waals surface area contributed by atoms with E-state index in [4.69, 9.17) is 19.0 Å². The monoisotopic (exact) mass is 361 g/mol. The molecule has 0 fully saturated rings. The van der Waals surface area contributed by atoms with Crippen LogP contribution in [0.15, 0.2) is 0 Å². The minimum atomic E-state index is -2.51. The maximum Gasteiger partial charge on any atom is 0.500 e. The molecule has 0 aromatic rings. The lowest BCUT2D eigenvalue weighted by Gasteiger charge is -2.29. The van der Waals surface area contributed by atoms with Crippen molar-refractivity contribution in [3.63, 3.8) is 0 Å². The number of hydrogen-bond acceptors (Lipinski definition) is 4. The van der Waals surface area contributed by atoms with Gasteiger partial charge in [0.15, 0.2) is 0 Å². The normalized spacial score (nSPS) is 13.4. The Morgan fingerprint density at radius 3 is 1.58 bits per heavy atom. The van der Waals surface area contributed by atoms with Crippen molar-refractivity contribution < 1.29 is 13.3 Å². The Hall–Kier alpha value is 0.0569. The highest BCUT2D eigenvalue weighted by Crippen LogP contribution is 2.20. The molecule has 0 aromatic carbocycles. The predicted octanol–water partition coefficient (Wildman–Crippen LogP) is 5.28. The number of unbranched alkanes of at least 4 members (excludes halogenated alkanes) is 7. The molecule has 1 atom stereocenters. The SMILES string of the molecule is CCCCCCCCCCC(N)CC[Si](OCC)(OCC)OCC. The summed E-state index contributed by atoms with van der Waals surface area (Å²) in [5.74, 6) is 0. The molecule has 0 heterocycles. The second-order valence-corrected chi connectivity index (χ2v) is 9.28. The van der Waals surface area contributed by atoms with Gasteiger partial charge in [0.1, 0.15) is 0 Å². The van der Waals surface area contributed by atoms with Gasteiger partial charge in [0.25, 0.3) is 0 Å². The van der Waals surface area contributed by atoms with Crippen LogP contribution in [0.4, 0.5) is 0 Å². The predicted molar refractivity (Wildman–Crippen MR) is 105 cm³/mol. The van der Waals surface area contributed by atoms with Crippen molar-refractivity contribution in [1.82, 2.24) is 0 Å². The Bertz CT molecular complexity index is 250. The Kier molecular flexibility index (Phi) is 16.6. The van der Waals surface area contributed by atoms with Crippen molar-refractivity contribution in [2.24, 2.45) is 5.73 Å². The first kappa shape index (κ1) is 24.1. The largest absolute Gasteiger partial charge is 0.500 e. The molecule has 0 saturated carbocycles. The van der Waals surface area contributed by atoms with E-state index in [2.05, 4.69) is 6.92 Å². The van der Waals surface area contributed by atoms with E-state index in [0.717, 1.165) is 18.9 Å². The van der Waals surface area contributed by atoms with Crippen LogP contribution in [-0.2, 0) is 13.3 Å². The van der Waals surface area contributed by atoms with Crippen molar-refractivity contribution in [3.05, 3.63) is 0 Å². The van der Waals surface area contributed by atoms with Gasteiger partial charge in [-0.15, -0.1) is 0 Å². The molecule has 0 bridgehead atoms. The summed E-state index contributed by atoms with van der Waals surface area (Å²) in [6.45, 7) is 10.2. The molecule has 0 aliphatic rings. The quantitative estimate of drug-likeness (QED) is 0.266. The zero-order chi connectivity index (χ0) is 18.1. The molecule has 0 aliphatic heterocycles. The highest BCUT2D eigenvalue weighted by atomic mass is 28.4. The second kappa shape index (κ2) is 16.5. The van der Waals surface area contributed by atoms with Crippen LogP contribution in [0.25, 0.3) is 0 Å². The van der Waals surface area contributed by atoms with Gasteiger partial charge < -0.3 is 19.0 Å². The van der Waals surface area contributed by atoms with E-state index >= 15 is 0 Å². The summed E-state index contributed by atoms with van der Waals surface area (Å²) in [6.07, 6.45) is 12.8. The third kappa shape index (κ3) is 12.4. The van der Waals surface area contributed by atoms with E-state index < -0.39 is 8.80 Å². The van der Waals surface area contributed by atoms with Gasteiger partial charge in [0.05, 0.1) is 0 Å². The third-order valence-electron chi connectivity index (χ3n) is 4.34. The molecule has 0 amide bonds. The highest BCUT2D eigenvalue weighted by Gasteiger charge is 2.40. The minimum absolute atomic E-state index is 0.235.